The first-order valence-corrected chi connectivity index (χ1v) is 11.9. The van der Waals surface area contributed by atoms with Crippen LogP contribution in [0, 0.1) is 0 Å². The van der Waals surface area contributed by atoms with Gasteiger partial charge in [0.15, 0.2) is 0 Å². The van der Waals surface area contributed by atoms with Crippen LogP contribution >= 0.6 is 11.8 Å². The van der Waals surface area contributed by atoms with Crippen molar-refractivity contribution in [1.82, 2.24) is 0 Å². The van der Waals surface area contributed by atoms with Gasteiger partial charge in [-0.15, -0.1) is 0 Å². The number of hydrogen-bond donors (Lipinski definition) is 2. The highest BCUT2D eigenvalue weighted by molar-refractivity contribution is 7.99. The second-order valence-corrected chi connectivity index (χ2v) is 8.42. The minimum atomic E-state index is -0.691. The van der Waals surface area contributed by atoms with Gasteiger partial charge in [0.2, 0.25) is 0 Å². The quantitative estimate of drug-likeness (QED) is 0.166. The molecule has 0 saturated heterocycles. The Bertz CT molecular complexity index is 383. The maximum Gasteiger partial charge on any atom is 0.304 e. The molecule has 0 atom stereocenters. The van der Waals surface area contributed by atoms with E-state index >= 15 is 0 Å². The summed E-state index contributed by atoms with van der Waals surface area (Å²) in [4.78, 5) is 20.8. The fourth-order valence-corrected chi connectivity index (χ4v) is 3.85. The molecule has 0 aliphatic carbocycles. The lowest BCUT2D eigenvalue weighted by molar-refractivity contribution is -0.137. The number of carbonyl (C=O) groups is 2. The molecule has 0 amide bonds. The minimum Gasteiger partial charge on any atom is -0.481 e. The van der Waals surface area contributed by atoms with Crippen LogP contribution in [-0.2, 0) is 9.59 Å². The van der Waals surface area contributed by atoms with Crippen molar-refractivity contribution >= 4 is 23.7 Å². The smallest absolute Gasteiger partial charge is 0.304 e. The van der Waals surface area contributed by atoms with Gasteiger partial charge in [-0.1, -0.05) is 63.5 Å². The fraction of sp³-hybridized carbons (Fsp3) is 0.818. The van der Waals surface area contributed by atoms with Crippen LogP contribution < -0.4 is 0 Å². The average Bonchev–Trinajstić information content (AvgIpc) is 2.62. The van der Waals surface area contributed by atoms with E-state index in [1.165, 1.54) is 64.2 Å². The fourth-order valence-electron chi connectivity index (χ4n) is 2.92. The Labute approximate surface area is 170 Å². The van der Waals surface area contributed by atoms with E-state index < -0.39 is 11.9 Å². The Morgan fingerprint density at radius 1 is 0.556 bits per heavy atom. The molecule has 0 unspecified atom stereocenters. The number of allylic oxidation sites excluding steroid dienone is 2. The van der Waals surface area contributed by atoms with Gasteiger partial charge < -0.3 is 10.2 Å². The average molecular weight is 401 g/mol. The predicted molar refractivity (Wildman–Crippen MR) is 116 cm³/mol. The Morgan fingerprint density at radius 3 is 1.52 bits per heavy atom. The summed E-state index contributed by atoms with van der Waals surface area (Å²) < 4.78 is 0. The molecule has 0 fully saturated rings. The number of carboxylic acid groups (broad SMARTS) is 2. The Kier molecular flexibility index (Phi) is 20.6. The summed E-state index contributed by atoms with van der Waals surface area (Å²) in [6.45, 7) is 0. The SMILES string of the molecule is O=C(O)CCCCC/C=C/CCCCCCCCCCCSCCC(=O)O. The zero-order chi connectivity index (χ0) is 20.0. The van der Waals surface area contributed by atoms with Crippen LogP contribution in [0.15, 0.2) is 12.2 Å². The summed E-state index contributed by atoms with van der Waals surface area (Å²) in [5.74, 6) is 0.471. The summed E-state index contributed by atoms with van der Waals surface area (Å²) in [6.07, 6.45) is 22.1. The number of carboxylic acids is 2. The summed E-state index contributed by atoms with van der Waals surface area (Å²) in [7, 11) is 0. The summed E-state index contributed by atoms with van der Waals surface area (Å²) >= 11 is 1.76. The molecule has 0 aromatic carbocycles. The molecule has 158 valence electrons. The molecule has 0 bridgehead atoms. The molecule has 0 heterocycles. The Hall–Kier alpha value is -0.970. The van der Waals surface area contributed by atoms with E-state index in [0.717, 1.165) is 37.2 Å². The van der Waals surface area contributed by atoms with Gasteiger partial charge >= 0.3 is 11.9 Å². The molecule has 0 spiro atoms. The number of unbranched alkanes of at least 4 members (excludes halogenated alkanes) is 12. The van der Waals surface area contributed by atoms with E-state index in [-0.39, 0.29) is 6.42 Å². The highest BCUT2D eigenvalue weighted by Crippen LogP contribution is 2.13. The second kappa shape index (κ2) is 21.3. The van der Waals surface area contributed by atoms with Crippen molar-refractivity contribution in [3.63, 3.8) is 0 Å². The highest BCUT2D eigenvalue weighted by Gasteiger charge is 1.97. The molecule has 5 heteroatoms. The Balaban J connectivity index is 3.09. The van der Waals surface area contributed by atoms with Crippen molar-refractivity contribution < 1.29 is 19.8 Å². The lowest BCUT2D eigenvalue weighted by Gasteiger charge is -2.02. The third-order valence-corrected chi connectivity index (χ3v) is 5.62. The van der Waals surface area contributed by atoms with Crippen LogP contribution in [0.2, 0.25) is 0 Å². The van der Waals surface area contributed by atoms with Crippen molar-refractivity contribution in [1.29, 1.82) is 0 Å². The van der Waals surface area contributed by atoms with Gasteiger partial charge in [0.1, 0.15) is 0 Å². The van der Waals surface area contributed by atoms with Crippen LogP contribution in [0.4, 0.5) is 0 Å². The summed E-state index contributed by atoms with van der Waals surface area (Å²) in [5, 5.41) is 17.1. The largest absolute Gasteiger partial charge is 0.481 e. The van der Waals surface area contributed by atoms with E-state index in [0.29, 0.717) is 6.42 Å². The zero-order valence-electron chi connectivity index (χ0n) is 17.0. The van der Waals surface area contributed by atoms with E-state index in [2.05, 4.69) is 12.2 Å². The maximum atomic E-state index is 10.4. The number of aliphatic carboxylic acids is 2. The predicted octanol–water partition coefficient (Wildman–Crippen LogP) is 6.69. The first-order valence-electron chi connectivity index (χ1n) is 10.8. The van der Waals surface area contributed by atoms with Crippen LogP contribution in [0.1, 0.15) is 103 Å². The molecule has 0 aliphatic heterocycles. The first kappa shape index (κ1) is 26.0. The van der Waals surface area contributed by atoms with Crippen molar-refractivity contribution in [2.24, 2.45) is 0 Å². The highest BCUT2D eigenvalue weighted by atomic mass is 32.2. The standard InChI is InChI=1S/C22H40O4S/c23-21(24)17-15-13-11-9-7-5-3-1-2-4-6-8-10-12-14-16-19-27-20-18-22(25)26/h5,7H,1-4,6,8-20H2,(H,23,24)(H,25,26)/b7-5+. The van der Waals surface area contributed by atoms with Crippen molar-refractivity contribution in [2.45, 2.75) is 103 Å². The molecule has 4 nitrogen and oxygen atoms in total. The van der Waals surface area contributed by atoms with Crippen LogP contribution in [0.25, 0.3) is 0 Å². The molecule has 0 radical (unpaired) electrons. The van der Waals surface area contributed by atoms with Gasteiger partial charge in [0.05, 0.1) is 6.42 Å². The molecular weight excluding hydrogens is 360 g/mol. The number of rotatable bonds is 21. The van der Waals surface area contributed by atoms with Crippen molar-refractivity contribution in [3.8, 4) is 0 Å². The molecule has 27 heavy (non-hydrogen) atoms. The minimum absolute atomic E-state index is 0.287. The molecule has 0 aromatic rings. The van der Waals surface area contributed by atoms with Gasteiger partial charge in [-0.25, -0.2) is 0 Å². The summed E-state index contributed by atoms with van der Waals surface area (Å²) in [6, 6.07) is 0. The van der Waals surface area contributed by atoms with Crippen LogP contribution in [-0.4, -0.2) is 33.7 Å². The topological polar surface area (TPSA) is 74.6 Å². The molecule has 0 saturated carbocycles. The lowest BCUT2D eigenvalue weighted by Crippen LogP contribution is -1.96. The van der Waals surface area contributed by atoms with E-state index in [1.54, 1.807) is 11.8 Å². The third-order valence-electron chi connectivity index (χ3n) is 4.55. The molecule has 0 rings (SSSR count). The monoisotopic (exact) mass is 400 g/mol. The third kappa shape index (κ3) is 25.0. The first-order chi connectivity index (χ1) is 13.1. The van der Waals surface area contributed by atoms with E-state index in [9.17, 15) is 9.59 Å². The zero-order valence-corrected chi connectivity index (χ0v) is 17.8. The van der Waals surface area contributed by atoms with Gasteiger partial charge in [0, 0.05) is 12.2 Å². The normalized spacial score (nSPS) is 11.3. The van der Waals surface area contributed by atoms with Gasteiger partial charge in [0.25, 0.3) is 0 Å². The van der Waals surface area contributed by atoms with E-state index in [1.807, 2.05) is 0 Å². The molecular formula is C22H40O4S. The van der Waals surface area contributed by atoms with Gasteiger partial charge in [-0.2, -0.15) is 11.8 Å². The number of thioether (sulfide) groups is 1. The second-order valence-electron chi connectivity index (χ2n) is 7.19. The maximum absolute atomic E-state index is 10.4. The van der Waals surface area contributed by atoms with Crippen molar-refractivity contribution in [3.05, 3.63) is 12.2 Å². The molecule has 0 aromatic heterocycles. The van der Waals surface area contributed by atoms with Crippen molar-refractivity contribution in [2.75, 3.05) is 11.5 Å². The number of hydrogen-bond acceptors (Lipinski definition) is 3. The van der Waals surface area contributed by atoms with E-state index in [4.69, 9.17) is 10.2 Å². The molecule has 2 N–H and O–H groups in total. The van der Waals surface area contributed by atoms with Gasteiger partial charge in [-0.3, -0.25) is 9.59 Å². The summed E-state index contributed by atoms with van der Waals surface area (Å²) in [5.41, 5.74) is 0. The van der Waals surface area contributed by atoms with Crippen LogP contribution in [0.5, 0.6) is 0 Å². The van der Waals surface area contributed by atoms with Gasteiger partial charge in [-0.05, 0) is 44.3 Å². The van der Waals surface area contributed by atoms with Crippen LogP contribution in [0.3, 0.4) is 0 Å². The lowest BCUT2D eigenvalue weighted by atomic mass is 10.1. The Morgan fingerprint density at radius 2 is 1.00 bits per heavy atom. The molecule has 0 aliphatic rings.